The number of hydrogen-bond donors (Lipinski definition) is 2. The lowest BCUT2D eigenvalue weighted by Crippen LogP contribution is -1.99. The van der Waals surface area contributed by atoms with Crippen LogP contribution in [0.2, 0.25) is 0 Å². The van der Waals surface area contributed by atoms with E-state index in [9.17, 15) is 9.90 Å². The molecule has 0 aliphatic rings. The molecule has 1 aromatic rings. The molecule has 0 aliphatic carbocycles. The minimum Gasteiger partial charge on any atom is -0.478 e. The number of hydrogen-bond acceptors (Lipinski definition) is 2. The standard InChI is InChI=1S/C10H9BrO3/c1-2-9(12)7-4-3-6(10(13)14)5-8(7)11/h2-5,9,12H,1H2,(H,13,14). The normalized spacial score (nSPS) is 12.1. The summed E-state index contributed by atoms with van der Waals surface area (Å²) in [5.74, 6) is -0.995. The Kier molecular flexibility index (Phi) is 3.43. The molecule has 1 unspecified atom stereocenters. The zero-order valence-corrected chi connectivity index (χ0v) is 8.86. The van der Waals surface area contributed by atoms with Crippen LogP contribution in [0.4, 0.5) is 0 Å². The summed E-state index contributed by atoms with van der Waals surface area (Å²) in [5, 5.41) is 18.1. The molecule has 0 heterocycles. The summed E-state index contributed by atoms with van der Waals surface area (Å²) in [6.45, 7) is 3.45. The van der Waals surface area contributed by atoms with Gasteiger partial charge in [-0.25, -0.2) is 4.79 Å². The van der Waals surface area contributed by atoms with Gasteiger partial charge in [0, 0.05) is 4.47 Å². The van der Waals surface area contributed by atoms with Gasteiger partial charge in [0.15, 0.2) is 0 Å². The average Bonchev–Trinajstić information content (AvgIpc) is 2.16. The van der Waals surface area contributed by atoms with Crippen LogP contribution in [-0.2, 0) is 0 Å². The summed E-state index contributed by atoms with van der Waals surface area (Å²) >= 11 is 3.19. The Morgan fingerprint density at radius 3 is 2.64 bits per heavy atom. The van der Waals surface area contributed by atoms with Crippen LogP contribution in [0, 0.1) is 0 Å². The number of rotatable bonds is 3. The van der Waals surface area contributed by atoms with Crippen LogP contribution in [0.1, 0.15) is 22.0 Å². The monoisotopic (exact) mass is 256 g/mol. The Balaban J connectivity index is 3.13. The van der Waals surface area contributed by atoms with Gasteiger partial charge in [0.1, 0.15) is 0 Å². The molecule has 1 aromatic carbocycles. The van der Waals surface area contributed by atoms with Crippen LogP contribution in [-0.4, -0.2) is 16.2 Å². The number of carbonyl (C=O) groups is 1. The minimum absolute atomic E-state index is 0.178. The second kappa shape index (κ2) is 4.39. The highest BCUT2D eigenvalue weighted by Crippen LogP contribution is 2.25. The molecule has 0 spiro atoms. The molecule has 1 rings (SSSR count). The van der Waals surface area contributed by atoms with Crippen LogP contribution in [0.15, 0.2) is 35.3 Å². The van der Waals surface area contributed by atoms with E-state index >= 15 is 0 Å². The molecule has 0 saturated heterocycles. The quantitative estimate of drug-likeness (QED) is 0.817. The van der Waals surface area contributed by atoms with E-state index in [2.05, 4.69) is 22.5 Å². The smallest absolute Gasteiger partial charge is 0.335 e. The van der Waals surface area contributed by atoms with E-state index in [-0.39, 0.29) is 5.56 Å². The number of aliphatic hydroxyl groups excluding tert-OH is 1. The van der Waals surface area contributed by atoms with Gasteiger partial charge in [0.25, 0.3) is 0 Å². The first-order valence-corrected chi connectivity index (χ1v) is 4.69. The Morgan fingerprint density at radius 2 is 2.21 bits per heavy atom. The molecule has 0 aliphatic heterocycles. The first-order valence-electron chi connectivity index (χ1n) is 3.89. The largest absolute Gasteiger partial charge is 0.478 e. The highest BCUT2D eigenvalue weighted by Gasteiger charge is 2.10. The number of aromatic carboxylic acids is 1. The fourth-order valence-corrected chi connectivity index (χ4v) is 1.64. The van der Waals surface area contributed by atoms with Crippen molar-refractivity contribution < 1.29 is 15.0 Å². The summed E-state index contributed by atoms with van der Waals surface area (Å²) in [7, 11) is 0. The van der Waals surface area contributed by atoms with Crippen molar-refractivity contribution in [3.63, 3.8) is 0 Å². The van der Waals surface area contributed by atoms with Gasteiger partial charge in [-0.05, 0) is 17.7 Å². The van der Waals surface area contributed by atoms with E-state index in [4.69, 9.17) is 5.11 Å². The second-order valence-corrected chi connectivity index (χ2v) is 3.58. The lowest BCUT2D eigenvalue weighted by atomic mass is 10.1. The van der Waals surface area contributed by atoms with E-state index in [0.717, 1.165) is 0 Å². The summed E-state index contributed by atoms with van der Waals surface area (Å²) < 4.78 is 0.560. The lowest BCUT2D eigenvalue weighted by Gasteiger charge is -2.08. The van der Waals surface area contributed by atoms with Crippen molar-refractivity contribution in [2.24, 2.45) is 0 Å². The minimum atomic E-state index is -0.995. The Hall–Kier alpha value is -1.13. The molecule has 3 nitrogen and oxygen atoms in total. The van der Waals surface area contributed by atoms with Crippen LogP contribution in [0.3, 0.4) is 0 Å². The zero-order chi connectivity index (χ0) is 10.7. The number of benzene rings is 1. The Labute approximate surface area is 89.8 Å². The molecule has 1 atom stereocenters. The van der Waals surface area contributed by atoms with Crippen LogP contribution in [0.5, 0.6) is 0 Å². The molecule has 74 valence electrons. The van der Waals surface area contributed by atoms with Gasteiger partial charge in [-0.2, -0.15) is 0 Å². The summed E-state index contributed by atoms with van der Waals surface area (Å²) in [5.41, 5.74) is 0.780. The summed E-state index contributed by atoms with van der Waals surface area (Å²) in [6.07, 6.45) is 0.591. The predicted molar refractivity (Wildman–Crippen MR) is 56.3 cm³/mol. The van der Waals surface area contributed by atoms with Gasteiger partial charge >= 0.3 is 5.97 Å². The van der Waals surface area contributed by atoms with Gasteiger partial charge in [-0.3, -0.25) is 0 Å². The maximum atomic E-state index is 10.6. The molecule has 0 radical (unpaired) electrons. The van der Waals surface area contributed by atoms with Crippen molar-refractivity contribution >= 4 is 21.9 Å². The third kappa shape index (κ3) is 2.21. The van der Waals surface area contributed by atoms with Gasteiger partial charge in [-0.1, -0.05) is 28.1 Å². The fourth-order valence-electron chi connectivity index (χ4n) is 1.03. The molecule has 0 aromatic heterocycles. The highest BCUT2D eigenvalue weighted by molar-refractivity contribution is 9.10. The van der Waals surface area contributed by atoms with Gasteiger partial charge < -0.3 is 10.2 Å². The zero-order valence-electron chi connectivity index (χ0n) is 7.27. The molecule has 0 amide bonds. The van der Waals surface area contributed by atoms with E-state index in [1.165, 1.54) is 18.2 Å². The lowest BCUT2D eigenvalue weighted by molar-refractivity contribution is 0.0696. The van der Waals surface area contributed by atoms with Gasteiger partial charge in [0.05, 0.1) is 11.7 Å². The van der Waals surface area contributed by atoms with E-state index < -0.39 is 12.1 Å². The van der Waals surface area contributed by atoms with Crippen LogP contribution < -0.4 is 0 Å². The molecule has 0 bridgehead atoms. The maximum absolute atomic E-state index is 10.6. The van der Waals surface area contributed by atoms with Crippen LogP contribution >= 0.6 is 15.9 Å². The number of carboxylic acids is 1. The van der Waals surface area contributed by atoms with E-state index in [1.807, 2.05) is 0 Å². The average molecular weight is 257 g/mol. The molecule has 0 saturated carbocycles. The summed E-state index contributed by atoms with van der Waals surface area (Å²) in [4.78, 5) is 10.6. The summed E-state index contributed by atoms with van der Waals surface area (Å²) in [6, 6.07) is 4.44. The molecular weight excluding hydrogens is 248 g/mol. The third-order valence-electron chi connectivity index (χ3n) is 1.79. The number of aliphatic hydroxyl groups is 1. The first-order chi connectivity index (χ1) is 6.56. The van der Waals surface area contributed by atoms with E-state index in [0.29, 0.717) is 10.0 Å². The van der Waals surface area contributed by atoms with Crippen molar-refractivity contribution in [1.82, 2.24) is 0 Å². The van der Waals surface area contributed by atoms with Crippen molar-refractivity contribution in [2.75, 3.05) is 0 Å². The number of carboxylic acid groups (broad SMARTS) is 1. The fraction of sp³-hybridized carbons (Fsp3) is 0.100. The van der Waals surface area contributed by atoms with Crippen molar-refractivity contribution in [1.29, 1.82) is 0 Å². The van der Waals surface area contributed by atoms with Crippen molar-refractivity contribution in [2.45, 2.75) is 6.10 Å². The number of halogens is 1. The van der Waals surface area contributed by atoms with Gasteiger partial charge in [0.2, 0.25) is 0 Å². The van der Waals surface area contributed by atoms with Gasteiger partial charge in [-0.15, -0.1) is 6.58 Å². The molecule has 4 heteroatoms. The second-order valence-electron chi connectivity index (χ2n) is 2.72. The SMILES string of the molecule is C=CC(O)c1ccc(C(=O)O)cc1Br. The first kappa shape index (κ1) is 10.9. The maximum Gasteiger partial charge on any atom is 0.335 e. The molecule has 2 N–H and O–H groups in total. The van der Waals surface area contributed by atoms with E-state index in [1.54, 1.807) is 6.07 Å². The van der Waals surface area contributed by atoms with Crippen LogP contribution in [0.25, 0.3) is 0 Å². The van der Waals surface area contributed by atoms with Crippen molar-refractivity contribution in [3.05, 3.63) is 46.5 Å². The van der Waals surface area contributed by atoms with Crippen molar-refractivity contribution in [3.8, 4) is 0 Å². The highest BCUT2D eigenvalue weighted by atomic mass is 79.9. The predicted octanol–water partition coefficient (Wildman–Crippen LogP) is 2.37. The molecular formula is C10H9BrO3. The Bertz CT molecular complexity index is 374. The molecule has 0 fully saturated rings. The Morgan fingerprint density at radius 1 is 1.57 bits per heavy atom. The third-order valence-corrected chi connectivity index (χ3v) is 2.48. The topological polar surface area (TPSA) is 57.5 Å². The molecule has 14 heavy (non-hydrogen) atoms.